The lowest BCUT2D eigenvalue weighted by atomic mass is 9.70. The van der Waals surface area contributed by atoms with Crippen LogP contribution in [0.25, 0.3) is 0 Å². The number of aliphatic hydroxyl groups excluding tert-OH is 5. The molecule has 6 unspecified atom stereocenters. The van der Waals surface area contributed by atoms with E-state index in [1.165, 1.54) is 6.92 Å². The number of rotatable bonds is 5. The molecule has 1 aliphatic carbocycles. The number of hydrogen-bond donors (Lipinski definition) is 5. The SMILES string of the molecule is CC(=O)c1ccc(Cc2cc(C3C(O)C(O)C(O)C(CO)C3O)ccc2Cl)cc1. The van der Waals surface area contributed by atoms with Crippen LogP contribution in [0.3, 0.4) is 0 Å². The van der Waals surface area contributed by atoms with E-state index in [2.05, 4.69) is 0 Å². The summed E-state index contributed by atoms with van der Waals surface area (Å²) in [4.78, 5) is 11.4. The lowest BCUT2D eigenvalue weighted by Gasteiger charge is -2.43. The highest BCUT2D eigenvalue weighted by Crippen LogP contribution is 2.38. The van der Waals surface area contributed by atoms with Crippen molar-refractivity contribution in [1.29, 1.82) is 0 Å². The zero-order valence-electron chi connectivity index (χ0n) is 15.9. The van der Waals surface area contributed by atoms with Gasteiger partial charge in [-0.05, 0) is 36.1 Å². The molecule has 0 aliphatic heterocycles. The maximum Gasteiger partial charge on any atom is 0.159 e. The van der Waals surface area contributed by atoms with Crippen LogP contribution in [-0.4, -0.2) is 62.3 Å². The zero-order valence-corrected chi connectivity index (χ0v) is 16.7. The Bertz CT molecular complexity index is 868. The Hall–Kier alpha value is -1.80. The molecule has 1 fully saturated rings. The van der Waals surface area contributed by atoms with Gasteiger partial charge in [-0.15, -0.1) is 0 Å². The van der Waals surface area contributed by atoms with E-state index in [9.17, 15) is 30.3 Å². The largest absolute Gasteiger partial charge is 0.396 e. The third-order valence-corrected chi connectivity index (χ3v) is 6.10. The van der Waals surface area contributed by atoms with Gasteiger partial charge in [-0.2, -0.15) is 0 Å². The normalized spacial score (nSPS) is 29.6. The number of carbonyl (C=O) groups is 1. The summed E-state index contributed by atoms with van der Waals surface area (Å²) in [6, 6.07) is 12.2. The van der Waals surface area contributed by atoms with Crippen LogP contribution < -0.4 is 0 Å². The van der Waals surface area contributed by atoms with E-state index in [0.29, 0.717) is 22.6 Å². The highest BCUT2D eigenvalue weighted by atomic mass is 35.5. The first kappa shape index (κ1) is 21.9. The van der Waals surface area contributed by atoms with E-state index in [1.54, 1.807) is 30.3 Å². The van der Waals surface area contributed by atoms with Crippen LogP contribution in [0.15, 0.2) is 42.5 Å². The van der Waals surface area contributed by atoms with E-state index in [4.69, 9.17) is 11.6 Å². The molecular formula is C22H25ClO6. The summed E-state index contributed by atoms with van der Waals surface area (Å²) >= 11 is 6.34. The van der Waals surface area contributed by atoms with E-state index in [-0.39, 0.29) is 5.78 Å². The van der Waals surface area contributed by atoms with Gasteiger partial charge in [0.05, 0.1) is 24.9 Å². The third kappa shape index (κ3) is 4.38. The van der Waals surface area contributed by atoms with E-state index in [0.717, 1.165) is 11.1 Å². The molecule has 0 amide bonds. The summed E-state index contributed by atoms with van der Waals surface area (Å²) in [5.41, 5.74) is 2.85. The molecule has 2 aromatic carbocycles. The summed E-state index contributed by atoms with van der Waals surface area (Å²) < 4.78 is 0. The molecule has 0 radical (unpaired) electrons. The molecule has 29 heavy (non-hydrogen) atoms. The van der Waals surface area contributed by atoms with Crippen molar-refractivity contribution >= 4 is 17.4 Å². The quantitative estimate of drug-likeness (QED) is 0.465. The minimum absolute atomic E-state index is 0.0176. The van der Waals surface area contributed by atoms with Crippen LogP contribution >= 0.6 is 11.6 Å². The lowest BCUT2D eigenvalue weighted by molar-refractivity contribution is -0.169. The number of hydrogen-bond acceptors (Lipinski definition) is 6. The van der Waals surface area contributed by atoms with Crippen molar-refractivity contribution in [1.82, 2.24) is 0 Å². The van der Waals surface area contributed by atoms with E-state index >= 15 is 0 Å². The first-order valence-corrected chi connectivity index (χ1v) is 9.83. The van der Waals surface area contributed by atoms with Gasteiger partial charge in [-0.1, -0.05) is 48.0 Å². The summed E-state index contributed by atoms with van der Waals surface area (Å²) in [6.45, 7) is 0.979. The maximum atomic E-state index is 11.4. The van der Waals surface area contributed by atoms with Crippen LogP contribution in [0.4, 0.5) is 0 Å². The second kappa shape index (κ2) is 8.92. The minimum Gasteiger partial charge on any atom is -0.396 e. The number of aliphatic hydroxyl groups is 5. The van der Waals surface area contributed by atoms with E-state index in [1.807, 2.05) is 12.1 Å². The van der Waals surface area contributed by atoms with Gasteiger partial charge in [-0.25, -0.2) is 0 Å². The lowest BCUT2D eigenvalue weighted by Crippen LogP contribution is -2.58. The van der Waals surface area contributed by atoms with Crippen LogP contribution in [0.1, 0.15) is 39.9 Å². The van der Waals surface area contributed by atoms with Crippen molar-refractivity contribution in [3.05, 3.63) is 69.7 Å². The molecule has 0 aromatic heterocycles. The molecule has 0 spiro atoms. The first-order chi connectivity index (χ1) is 13.7. The summed E-state index contributed by atoms with van der Waals surface area (Å²) in [6.07, 6.45) is -5.08. The molecule has 6 nitrogen and oxygen atoms in total. The van der Waals surface area contributed by atoms with Crippen LogP contribution in [0.5, 0.6) is 0 Å². The minimum atomic E-state index is -1.49. The molecule has 5 N–H and O–H groups in total. The van der Waals surface area contributed by atoms with Crippen molar-refractivity contribution in [2.45, 2.75) is 43.7 Å². The Morgan fingerprint density at radius 2 is 1.59 bits per heavy atom. The molecule has 0 saturated heterocycles. The van der Waals surface area contributed by atoms with Crippen molar-refractivity contribution in [2.24, 2.45) is 5.92 Å². The molecule has 0 heterocycles. The van der Waals surface area contributed by atoms with Crippen molar-refractivity contribution in [2.75, 3.05) is 6.61 Å². The highest BCUT2D eigenvalue weighted by molar-refractivity contribution is 6.31. The predicted octanol–water partition coefficient (Wildman–Crippen LogP) is 1.28. The van der Waals surface area contributed by atoms with Gasteiger partial charge in [0.2, 0.25) is 0 Å². The van der Waals surface area contributed by atoms with Gasteiger partial charge in [0.1, 0.15) is 6.10 Å². The summed E-state index contributed by atoms with van der Waals surface area (Å²) in [5, 5.41) is 51.3. The fourth-order valence-corrected chi connectivity index (χ4v) is 4.15. The highest BCUT2D eigenvalue weighted by Gasteiger charge is 2.48. The number of carbonyl (C=O) groups excluding carboxylic acids is 1. The van der Waals surface area contributed by atoms with Gasteiger partial charge < -0.3 is 25.5 Å². The molecule has 3 rings (SSSR count). The number of halogens is 1. The number of ketones is 1. The average Bonchev–Trinajstić information content (AvgIpc) is 2.69. The molecule has 2 aromatic rings. The van der Waals surface area contributed by atoms with Crippen molar-refractivity contribution in [3.63, 3.8) is 0 Å². The smallest absolute Gasteiger partial charge is 0.159 e. The van der Waals surface area contributed by atoms with Gasteiger partial charge >= 0.3 is 0 Å². The van der Waals surface area contributed by atoms with Crippen molar-refractivity contribution < 1.29 is 30.3 Å². The first-order valence-electron chi connectivity index (χ1n) is 9.46. The fraction of sp³-hybridized carbons (Fsp3) is 0.409. The summed E-state index contributed by atoms with van der Waals surface area (Å²) in [5.74, 6) is -1.88. The second-order valence-electron chi connectivity index (χ2n) is 7.62. The monoisotopic (exact) mass is 420 g/mol. The van der Waals surface area contributed by atoms with Gasteiger partial charge in [0.15, 0.2) is 5.78 Å². The van der Waals surface area contributed by atoms with E-state index < -0.39 is 42.9 Å². The topological polar surface area (TPSA) is 118 Å². The van der Waals surface area contributed by atoms with Crippen LogP contribution in [0, 0.1) is 5.92 Å². The Morgan fingerprint density at radius 3 is 2.17 bits per heavy atom. The molecule has 6 atom stereocenters. The molecule has 7 heteroatoms. The maximum absolute atomic E-state index is 11.4. The zero-order chi connectivity index (χ0) is 21.3. The number of benzene rings is 2. The molecule has 1 saturated carbocycles. The average molecular weight is 421 g/mol. The van der Waals surface area contributed by atoms with Gasteiger partial charge in [0.25, 0.3) is 0 Å². The Kier molecular flexibility index (Phi) is 6.73. The standard InChI is InChI=1S/C22H25ClO6/c1-11(25)13-4-2-12(3-5-13)8-15-9-14(6-7-17(15)23)18-19(26)16(10-24)20(27)22(29)21(18)28/h2-7,9,16,18-22,24,26-29H,8,10H2,1H3. The molecule has 1 aliphatic rings. The predicted molar refractivity (Wildman–Crippen MR) is 108 cm³/mol. The van der Waals surface area contributed by atoms with Crippen LogP contribution in [0.2, 0.25) is 5.02 Å². The van der Waals surface area contributed by atoms with Gasteiger partial charge in [0, 0.05) is 22.4 Å². The third-order valence-electron chi connectivity index (χ3n) is 5.73. The van der Waals surface area contributed by atoms with Crippen LogP contribution in [-0.2, 0) is 6.42 Å². The van der Waals surface area contributed by atoms with Crippen molar-refractivity contribution in [3.8, 4) is 0 Å². The Morgan fingerprint density at radius 1 is 0.931 bits per heavy atom. The summed E-state index contributed by atoms with van der Waals surface area (Å²) in [7, 11) is 0. The fourth-order valence-electron chi connectivity index (χ4n) is 3.96. The second-order valence-corrected chi connectivity index (χ2v) is 8.02. The molecule has 0 bridgehead atoms. The Labute approximate surface area is 174 Å². The Balaban J connectivity index is 1.90. The number of Topliss-reactive ketones (excluding diaryl/α,β-unsaturated/α-hetero) is 1. The van der Waals surface area contributed by atoms with Gasteiger partial charge in [-0.3, -0.25) is 4.79 Å². The molecule has 156 valence electrons. The molecular weight excluding hydrogens is 396 g/mol.